The van der Waals surface area contributed by atoms with E-state index >= 15 is 0 Å². The quantitative estimate of drug-likeness (QED) is 0.481. The molecule has 0 spiro atoms. The van der Waals surface area contributed by atoms with Crippen molar-refractivity contribution in [2.45, 2.75) is 19.4 Å². The van der Waals surface area contributed by atoms with E-state index in [1.165, 1.54) is 6.20 Å². The second-order valence-electron chi connectivity index (χ2n) is 5.26. The van der Waals surface area contributed by atoms with E-state index in [2.05, 4.69) is 10.6 Å². The summed E-state index contributed by atoms with van der Waals surface area (Å²) >= 11 is 0. The lowest BCUT2D eigenvalue weighted by Crippen LogP contribution is -2.28. The standard InChI is InChI=1S/C18H19N3O3/c1-2-13(11-22)20-10-12(9-19)18(24)21-16-7-3-6-15-14(16)5-4-8-17(15)23/h3-8,10,13,20,22-23H,2,11H2,1H3,(H,21,24)/b12-10-. The molecule has 1 unspecified atom stereocenters. The smallest absolute Gasteiger partial charge is 0.267 e. The highest BCUT2D eigenvalue weighted by Gasteiger charge is 2.12. The molecule has 0 fully saturated rings. The summed E-state index contributed by atoms with van der Waals surface area (Å²) in [6.45, 7) is 1.80. The topological polar surface area (TPSA) is 105 Å². The first-order chi connectivity index (χ1) is 11.6. The molecule has 0 radical (unpaired) electrons. The van der Waals surface area contributed by atoms with Crippen LogP contribution in [0.3, 0.4) is 0 Å². The monoisotopic (exact) mass is 325 g/mol. The summed E-state index contributed by atoms with van der Waals surface area (Å²) in [5.41, 5.74) is 0.405. The van der Waals surface area contributed by atoms with Crippen LogP contribution < -0.4 is 10.6 Å². The Morgan fingerprint density at radius 3 is 2.67 bits per heavy atom. The van der Waals surface area contributed by atoms with Gasteiger partial charge in [-0.25, -0.2) is 0 Å². The number of nitriles is 1. The number of phenols is 1. The molecule has 124 valence electrons. The molecule has 1 atom stereocenters. The zero-order valence-electron chi connectivity index (χ0n) is 13.3. The van der Waals surface area contributed by atoms with E-state index in [9.17, 15) is 9.90 Å². The Balaban J connectivity index is 2.24. The van der Waals surface area contributed by atoms with Crippen molar-refractivity contribution in [1.82, 2.24) is 5.32 Å². The van der Waals surface area contributed by atoms with Crippen LogP contribution in [0.4, 0.5) is 5.69 Å². The maximum absolute atomic E-state index is 12.3. The molecule has 1 amide bonds. The maximum atomic E-state index is 12.3. The summed E-state index contributed by atoms with van der Waals surface area (Å²) < 4.78 is 0. The van der Waals surface area contributed by atoms with E-state index in [1.54, 1.807) is 36.4 Å². The Hall–Kier alpha value is -3.04. The average Bonchev–Trinajstić information content (AvgIpc) is 2.60. The third-order valence-electron chi connectivity index (χ3n) is 3.69. The first-order valence-electron chi connectivity index (χ1n) is 7.60. The maximum Gasteiger partial charge on any atom is 0.267 e. The van der Waals surface area contributed by atoms with Crippen molar-refractivity contribution in [2.24, 2.45) is 0 Å². The highest BCUT2D eigenvalue weighted by atomic mass is 16.3. The van der Waals surface area contributed by atoms with Crippen LogP contribution in [0.15, 0.2) is 48.2 Å². The normalized spacial score (nSPS) is 12.5. The molecule has 0 saturated heterocycles. The van der Waals surface area contributed by atoms with Gasteiger partial charge in [-0.3, -0.25) is 4.79 Å². The number of nitrogens with zero attached hydrogens (tertiary/aromatic N) is 1. The Bertz CT molecular complexity index is 805. The third kappa shape index (κ3) is 3.83. The van der Waals surface area contributed by atoms with Crippen LogP contribution in [-0.4, -0.2) is 28.8 Å². The fourth-order valence-electron chi connectivity index (χ4n) is 2.24. The third-order valence-corrected chi connectivity index (χ3v) is 3.69. The summed E-state index contributed by atoms with van der Waals surface area (Å²) in [4.78, 5) is 12.3. The number of hydrogen-bond donors (Lipinski definition) is 4. The Kier molecular flexibility index (Phi) is 5.77. The zero-order chi connectivity index (χ0) is 17.5. The number of aliphatic hydroxyl groups is 1. The number of anilines is 1. The van der Waals surface area contributed by atoms with Gasteiger partial charge in [-0.05, 0) is 18.6 Å². The van der Waals surface area contributed by atoms with Crippen molar-refractivity contribution in [3.63, 3.8) is 0 Å². The first-order valence-corrected chi connectivity index (χ1v) is 7.60. The van der Waals surface area contributed by atoms with Gasteiger partial charge in [0.1, 0.15) is 17.4 Å². The second-order valence-corrected chi connectivity index (χ2v) is 5.26. The van der Waals surface area contributed by atoms with Crippen LogP contribution in [0, 0.1) is 11.3 Å². The second kappa shape index (κ2) is 7.99. The molecule has 6 nitrogen and oxygen atoms in total. The molecule has 24 heavy (non-hydrogen) atoms. The Morgan fingerprint density at radius 1 is 1.29 bits per heavy atom. The van der Waals surface area contributed by atoms with Gasteiger partial charge in [0.15, 0.2) is 0 Å². The highest BCUT2D eigenvalue weighted by molar-refractivity contribution is 6.11. The fraction of sp³-hybridized carbons (Fsp3) is 0.222. The number of hydrogen-bond acceptors (Lipinski definition) is 5. The molecule has 0 aromatic heterocycles. The van der Waals surface area contributed by atoms with Crippen molar-refractivity contribution in [2.75, 3.05) is 11.9 Å². The van der Waals surface area contributed by atoms with Crippen LogP contribution in [0.1, 0.15) is 13.3 Å². The van der Waals surface area contributed by atoms with Gasteiger partial charge >= 0.3 is 0 Å². The number of benzene rings is 2. The van der Waals surface area contributed by atoms with E-state index in [1.807, 2.05) is 13.0 Å². The number of rotatable bonds is 6. The molecule has 0 aliphatic heterocycles. The van der Waals surface area contributed by atoms with Crippen molar-refractivity contribution < 1.29 is 15.0 Å². The SMILES string of the molecule is CCC(CO)N/C=C(/C#N)C(=O)Nc1cccc2c(O)cccc12. The van der Waals surface area contributed by atoms with Crippen LogP contribution >= 0.6 is 0 Å². The van der Waals surface area contributed by atoms with Crippen LogP contribution in [0.25, 0.3) is 10.8 Å². The van der Waals surface area contributed by atoms with Crippen LogP contribution in [0.2, 0.25) is 0 Å². The Morgan fingerprint density at radius 2 is 2.00 bits per heavy atom. The number of carbonyl (C=O) groups excluding carboxylic acids is 1. The summed E-state index contributed by atoms with van der Waals surface area (Å²) in [5, 5.41) is 35.0. The minimum Gasteiger partial charge on any atom is -0.507 e. The molecule has 2 rings (SSSR count). The minimum atomic E-state index is -0.561. The predicted molar refractivity (Wildman–Crippen MR) is 92.2 cm³/mol. The largest absolute Gasteiger partial charge is 0.507 e. The zero-order valence-corrected chi connectivity index (χ0v) is 13.3. The van der Waals surface area contributed by atoms with Gasteiger partial charge in [-0.2, -0.15) is 5.26 Å². The summed E-state index contributed by atoms with van der Waals surface area (Å²) in [6, 6.07) is 11.8. The molecule has 0 saturated carbocycles. The van der Waals surface area contributed by atoms with Crippen molar-refractivity contribution in [3.8, 4) is 11.8 Å². The number of phenolic OH excluding ortho intramolecular Hbond substituents is 1. The number of amides is 1. The van der Waals surface area contributed by atoms with Gasteiger partial charge in [-0.1, -0.05) is 31.2 Å². The lowest BCUT2D eigenvalue weighted by Gasteiger charge is -2.12. The molecule has 0 aliphatic rings. The molecule has 0 aliphatic carbocycles. The highest BCUT2D eigenvalue weighted by Crippen LogP contribution is 2.29. The molecule has 0 heterocycles. The molecule has 0 bridgehead atoms. The van der Waals surface area contributed by atoms with Crippen LogP contribution in [-0.2, 0) is 4.79 Å². The van der Waals surface area contributed by atoms with E-state index in [-0.39, 0.29) is 24.0 Å². The molecule has 2 aromatic carbocycles. The van der Waals surface area contributed by atoms with E-state index < -0.39 is 5.91 Å². The first kappa shape index (κ1) is 17.3. The summed E-state index contributed by atoms with van der Waals surface area (Å²) in [6.07, 6.45) is 1.97. The number of aliphatic hydroxyl groups excluding tert-OH is 1. The van der Waals surface area contributed by atoms with Gasteiger partial charge < -0.3 is 20.8 Å². The van der Waals surface area contributed by atoms with E-state index in [0.717, 1.165) is 0 Å². The van der Waals surface area contributed by atoms with E-state index in [4.69, 9.17) is 10.4 Å². The van der Waals surface area contributed by atoms with Crippen molar-refractivity contribution in [3.05, 3.63) is 48.2 Å². The molecule has 2 aromatic rings. The fourth-order valence-corrected chi connectivity index (χ4v) is 2.24. The molecule has 6 heteroatoms. The number of carbonyl (C=O) groups is 1. The molecule has 4 N–H and O–H groups in total. The van der Waals surface area contributed by atoms with Crippen molar-refractivity contribution in [1.29, 1.82) is 5.26 Å². The van der Waals surface area contributed by atoms with E-state index in [0.29, 0.717) is 22.9 Å². The van der Waals surface area contributed by atoms with Crippen LogP contribution in [0.5, 0.6) is 5.75 Å². The van der Waals surface area contributed by atoms with Crippen molar-refractivity contribution >= 4 is 22.4 Å². The number of fused-ring (bicyclic) bond motifs is 1. The van der Waals surface area contributed by atoms with Gasteiger partial charge in [0.05, 0.1) is 6.61 Å². The van der Waals surface area contributed by atoms with Gasteiger partial charge in [0, 0.05) is 28.7 Å². The number of aromatic hydroxyl groups is 1. The van der Waals surface area contributed by atoms with Gasteiger partial charge in [0.25, 0.3) is 5.91 Å². The van der Waals surface area contributed by atoms with Gasteiger partial charge in [-0.15, -0.1) is 0 Å². The average molecular weight is 325 g/mol. The lowest BCUT2D eigenvalue weighted by atomic mass is 10.1. The van der Waals surface area contributed by atoms with Gasteiger partial charge in [0.2, 0.25) is 0 Å². The molecular weight excluding hydrogens is 306 g/mol. The Labute approximate surface area is 140 Å². The predicted octanol–water partition coefficient (Wildman–Crippen LogP) is 2.25. The summed E-state index contributed by atoms with van der Waals surface area (Å²) in [5.74, 6) is -0.441. The molecular formula is C18H19N3O3. The number of nitrogens with one attached hydrogen (secondary N) is 2. The summed E-state index contributed by atoms with van der Waals surface area (Å²) in [7, 11) is 0. The minimum absolute atomic E-state index is 0.0874. The lowest BCUT2D eigenvalue weighted by molar-refractivity contribution is -0.112.